The number of hydrogen-bond acceptors (Lipinski definition) is 4. The van der Waals surface area contributed by atoms with Crippen LogP contribution in [-0.4, -0.2) is 31.2 Å². The normalized spacial score (nSPS) is 10.8. The summed E-state index contributed by atoms with van der Waals surface area (Å²) >= 11 is 0. The first-order valence-electron chi connectivity index (χ1n) is 5.42. The molecule has 0 unspecified atom stereocenters. The van der Waals surface area contributed by atoms with E-state index in [1.807, 2.05) is 0 Å². The van der Waals surface area contributed by atoms with E-state index < -0.39 is 11.9 Å². The molecule has 0 saturated heterocycles. The fraction of sp³-hybridized carbons (Fsp3) is 0.231. The fourth-order valence-corrected chi connectivity index (χ4v) is 1.42. The van der Waals surface area contributed by atoms with Crippen molar-refractivity contribution in [3.63, 3.8) is 0 Å². The molecule has 1 aromatic carbocycles. The smallest absolute Gasteiger partial charge is 0.352 e. The minimum Gasteiger partial charge on any atom is -0.497 e. The molecule has 2 N–H and O–H groups in total. The van der Waals surface area contributed by atoms with E-state index in [0.29, 0.717) is 17.1 Å². The van der Waals surface area contributed by atoms with Crippen molar-refractivity contribution in [3.8, 4) is 11.5 Å². The molecule has 1 amide bonds. The second-order valence-corrected chi connectivity index (χ2v) is 3.69. The Hall–Kier alpha value is -2.50. The summed E-state index contributed by atoms with van der Waals surface area (Å²) < 4.78 is 10.2. The third-order valence-electron chi connectivity index (χ3n) is 2.23. The quantitative estimate of drug-likeness (QED) is 0.783. The summed E-state index contributed by atoms with van der Waals surface area (Å²) in [6.45, 7) is 1.24. The van der Waals surface area contributed by atoms with Crippen molar-refractivity contribution in [3.05, 3.63) is 29.5 Å². The molecule has 0 atom stereocenters. The number of ether oxygens (including phenoxy) is 2. The molecule has 0 bridgehead atoms. The molecule has 6 heteroatoms. The lowest BCUT2D eigenvalue weighted by Gasteiger charge is -2.07. The first-order valence-corrected chi connectivity index (χ1v) is 5.42. The van der Waals surface area contributed by atoms with E-state index >= 15 is 0 Å². The van der Waals surface area contributed by atoms with Gasteiger partial charge in [0.2, 0.25) is 5.91 Å². The van der Waals surface area contributed by atoms with Gasteiger partial charge in [0.15, 0.2) is 0 Å². The van der Waals surface area contributed by atoms with Crippen LogP contribution in [-0.2, 0) is 9.59 Å². The zero-order valence-electron chi connectivity index (χ0n) is 10.9. The summed E-state index contributed by atoms with van der Waals surface area (Å²) in [6, 6.07) is 4.93. The van der Waals surface area contributed by atoms with Crippen molar-refractivity contribution in [1.82, 2.24) is 5.32 Å². The van der Waals surface area contributed by atoms with Gasteiger partial charge in [-0.3, -0.25) is 4.79 Å². The zero-order chi connectivity index (χ0) is 14.4. The van der Waals surface area contributed by atoms with Gasteiger partial charge in [0.05, 0.1) is 14.2 Å². The van der Waals surface area contributed by atoms with Gasteiger partial charge in [0.25, 0.3) is 0 Å². The predicted octanol–water partition coefficient (Wildman–Crippen LogP) is 1.27. The monoisotopic (exact) mass is 265 g/mol. The van der Waals surface area contributed by atoms with Crippen LogP contribution in [0, 0.1) is 0 Å². The molecule has 0 fully saturated rings. The Labute approximate surface area is 110 Å². The second-order valence-electron chi connectivity index (χ2n) is 3.69. The van der Waals surface area contributed by atoms with Crippen LogP contribution in [0.3, 0.4) is 0 Å². The number of carbonyl (C=O) groups is 2. The van der Waals surface area contributed by atoms with Crippen LogP contribution in [0.1, 0.15) is 12.5 Å². The molecule has 0 saturated carbocycles. The van der Waals surface area contributed by atoms with Crippen LogP contribution in [0.2, 0.25) is 0 Å². The number of amides is 1. The van der Waals surface area contributed by atoms with E-state index in [9.17, 15) is 9.59 Å². The molecule has 0 aromatic heterocycles. The molecule has 102 valence electrons. The summed E-state index contributed by atoms with van der Waals surface area (Å²) in [4.78, 5) is 21.9. The van der Waals surface area contributed by atoms with Gasteiger partial charge >= 0.3 is 5.97 Å². The number of aliphatic carboxylic acids is 1. The van der Waals surface area contributed by atoms with E-state index in [4.69, 9.17) is 14.6 Å². The Kier molecular flexibility index (Phi) is 4.93. The van der Waals surface area contributed by atoms with Crippen molar-refractivity contribution in [2.24, 2.45) is 0 Å². The Bertz CT molecular complexity index is 500. The lowest BCUT2D eigenvalue weighted by atomic mass is 10.1. The SMILES string of the molecule is COc1cc(/C=C(/NC(C)=O)C(=O)O)cc(OC)c1. The molecule has 6 nitrogen and oxygen atoms in total. The van der Waals surface area contributed by atoms with Crippen molar-refractivity contribution in [1.29, 1.82) is 0 Å². The summed E-state index contributed by atoms with van der Waals surface area (Å²) in [7, 11) is 2.99. The average Bonchev–Trinajstić information content (AvgIpc) is 2.36. The Morgan fingerprint density at radius 3 is 2.05 bits per heavy atom. The highest BCUT2D eigenvalue weighted by atomic mass is 16.5. The van der Waals surface area contributed by atoms with E-state index in [2.05, 4.69) is 5.32 Å². The third-order valence-corrected chi connectivity index (χ3v) is 2.23. The first kappa shape index (κ1) is 14.6. The Morgan fingerprint density at radius 2 is 1.68 bits per heavy atom. The van der Waals surface area contributed by atoms with Gasteiger partial charge in [-0.25, -0.2) is 4.79 Å². The fourth-order valence-electron chi connectivity index (χ4n) is 1.42. The predicted molar refractivity (Wildman–Crippen MR) is 69.0 cm³/mol. The van der Waals surface area contributed by atoms with Gasteiger partial charge in [-0.1, -0.05) is 0 Å². The van der Waals surface area contributed by atoms with E-state index in [0.717, 1.165) is 0 Å². The molecule has 0 heterocycles. The van der Waals surface area contributed by atoms with Crippen molar-refractivity contribution in [2.45, 2.75) is 6.92 Å². The number of rotatable bonds is 5. The molecule has 19 heavy (non-hydrogen) atoms. The molecule has 1 aromatic rings. The van der Waals surface area contributed by atoms with E-state index in [-0.39, 0.29) is 5.70 Å². The third kappa shape index (κ3) is 4.34. The van der Waals surface area contributed by atoms with Crippen LogP contribution < -0.4 is 14.8 Å². The molecule has 0 spiro atoms. The number of carboxylic acid groups (broad SMARTS) is 1. The van der Waals surface area contributed by atoms with Crippen LogP contribution in [0.25, 0.3) is 6.08 Å². The van der Waals surface area contributed by atoms with Gasteiger partial charge in [-0.15, -0.1) is 0 Å². The van der Waals surface area contributed by atoms with Crippen molar-refractivity contribution >= 4 is 18.0 Å². The highest BCUT2D eigenvalue weighted by Crippen LogP contribution is 2.23. The summed E-state index contributed by atoms with van der Waals surface area (Å²) in [5.74, 6) is -0.628. The number of benzene rings is 1. The van der Waals surface area contributed by atoms with Gasteiger partial charge < -0.3 is 19.9 Å². The maximum absolute atomic E-state index is 11.0. The van der Waals surface area contributed by atoms with Gasteiger partial charge in [0, 0.05) is 13.0 Å². The Balaban J connectivity index is 3.19. The largest absolute Gasteiger partial charge is 0.497 e. The number of carbonyl (C=O) groups excluding carboxylic acids is 1. The van der Waals surface area contributed by atoms with E-state index in [1.165, 1.54) is 27.2 Å². The molecule has 0 radical (unpaired) electrons. The standard InChI is InChI=1S/C13H15NO5/c1-8(15)14-12(13(16)17)6-9-4-10(18-2)7-11(5-9)19-3/h4-7H,1-3H3,(H,14,15)(H,16,17)/b12-6+. The molecular formula is C13H15NO5. The van der Waals surface area contributed by atoms with Crippen molar-refractivity contribution < 1.29 is 24.2 Å². The van der Waals surface area contributed by atoms with Gasteiger partial charge in [-0.05, 0) is 23.8 Å². The molecular weight excluding hydrogens is 250 g/mol. The zero-order valence-corrected chi connectivity index (χ0v) is 10.9. The van der Waals surface area contributed by atoms with Crippen LogP contribution in [0.4, 0.5) is 0 Å². The van der Waals surface area contributed by atoms with Crippen LogP contribution in [0.15, 0.2) is 23.9 Å². The Morgan fingerprint density at radius 1 is 1.16 bits per heavy atom. The maximum atomic E-state index is 11.0. The first-order chi connectivity index (χ1) is 8.96. The highest BCUT2D eigenvalue weighted by molar-refractivity contribution is 5.96. The summed E-state index contributed by atoms with van der Waals surface area (Å²) in [5.41, 5.74) is 0.324. The van der Waals surface area contributed by atoms with Gasteiger partial charge in [0.1, 0.15) is 17.2 Å². The van der Waals surface area contributed by atoms with Crippen LogP contribution >= 0.6 is 0 Å². The molecule has 0 aliphatic carbocycles. The number of nitrogens with one attached hydrogen (secondary N) is 1. The highest BCUT2D eigenvalue weighted by Gasteiger charge is 2.10. The van der Waals surface area contributed by atoms with Crippen molar-refractivity contribution in [2.75, 3.05) is 14.2 Å². The average molecular weight is 265 g/mol. The number of methoxy groups -OCH3 is 2. The maximum Gasteiger partial charge on any atom is 0.352 e. The van der Waals surface area contributed by atoms with E-state index in [1.54, 1.807) is 18.2 Å². The minimum atomic E-state index is -1.23. The second kappa shape index (κ2) is 6.44. The summed E-state index contributed by atoms with van der Waals surface area (Å²) in [5, 5.41) is 11.2. The van der Waals surface area contributed by atoms with Gasteiger partial charge in [-0.2, -0.15) is 0 Å². The lowest BCUT2D eigenvalue weighted by Crippen LogP contribution is -2.24. The van der Waals surface area contributed by atoms with Crippen LogP contribution in [0.5, 0.6) is 11.5 Å². The summed E-state index contributed by atoms with van der Waals surface area (Å²) in [6.07, 6.45) is 1.33. The lowest BCUT2D eigenvalue weighted by molar-refractivity contribution is -0.134. The minimum absolute atomic E-state index is 0.220. The molecule has 1 rings (SSSR count). The molecule has 0 aliphatic rings. The molecule has 0 aliphatic heterocycles. The number of carboxylic acids is 1. The topological polar surface area (TPSA) is 84.9 Å². The number of hydrogen-bond donors (Lipinski definition) is 2.